The average molecular weight is 307 g/mol. The van der Waals surface area contributed by atoms with Crippen LogP contribution in [0.4, 0.5) is 0 Å². The number of nitrogens with one attached hydrogen (secondary N) is 1. The van der Waals surface area contributed by atoms with Crippen LogP contribution in [0.15, 0.2) is 34.1 Å². The van der Waals surface area contributed by atoms with Gasteiger partial charge >= 0.3 is 4.87 Å². The van der Waals surface area contributed by atoms with Crippen LogP contribution in [0.25, 0.3) is 0 Å². The van der Waals surface area contributed by atoms with E-state index < -0.39 is 6.29 Å². The van der Waals surface area contributed by atoms with E-state index in [0.29, 0.717) is 5.75 Å². The quantitative estimate of drug-likeness (QED) is 0.784. The van der Waals surface area contributed by atoms with E-state index in [1.165, 1.54) is 11.3 Å². The fourth-order valence-corrected chi connectivity index (χ4v) is 5.58. The Morgan fingerprint density at radius 2 is 2.15 bits per heavy atom. The monoisotopic (exact) mass is 307 g/mol. The summed E-state index contributed by atoms with van der Waals surface area (Å²) in [4.78, 5) is 15.6. The number of hydrogen-bond donors (Lipinski definition) is 2. The van der Waals surface area contributed by atoms with Crippen molar-refractivity contribution in [2.24, 2.45) is 5.92 Å². The van der Waals surface area contributed by atoms with Gasteiger partial charge in [-0.25, -0.2) is 0 Å². The lowest BCUT2D eigenvalue weighted by Gasteiger charge is -2.42. The van der Waals surface area contributed by atoms with Crippen LogP contribution in [-0.4, -0.2) is 21.6 Å². The molecule has 0 aliphatic carbocycles. The van der Waals surface area contributed by atoms with Gasteiger partial charge < -0.3 is 14.8 Å². The van der Waals surface area contributed by atoms with E-state index in [1.54, 1.807) is 11.8 Å². The molecule has 4 rings (SSSR count). The Hall–Kier alpha value is -1.24. The molecule has 1 aromatic heterocycles. The number of hydrogen-bond acceptors (Lipinski definition) is 5. The van der Waals surface area contributed by atoms with Gasteiger partial charge in [-0.1, -0.05) is 36.5 Å². The topological polar surface area (TPSA) is 62.3 Å². The molecule has 0 spiro atoms. The summed E-state index contributed by atoms with van der Waals surface area (Å²) in [5.74, 6) is 0.714. The average Bonchev–Trinajstić information content (AvgIpc) is 2.78. The molecule has 104 valence electrons. The molecule has 20 heavy (non-hydrogen) atoms. The molecule has 4 nitrogen and oxygen atoms in total. The molecule has 2 aromatic rings. The predicted molar refractivity (Wildman–Crippen MR) is 78.7 cm³/mol. The van der Waals surface area contributed by atoms with Crippen molar-refractivity contribution in [3.63, 3.8) is 0 Å². The van der Waals surface area contributed by atoms with Crippen LogP contribution in [0.3, 0.4) is 0 Å². The summed E-state index contributed by atoms with van der Waals surface area (Å²) in [5, 5.41) is 11.5. The number of aromatic nitrogens is 1. The lowest BCUT2D eigenvalue weighted by atomic mass is 9.80. The number of rotatable bonds is 0. The van der Waals surface area contributed by atoms with Crippen LogP contribution in [0.5, 0.6) is 5.75 Å². The zero-order valence-corrected chi connectivity index (χ0v) is 12.3. The molecule has 6 heteroatoms. The molecule has 3 heterocycles. The number of thioether (sulfide) groups is 1. The zero-order valence-electron chi connectivity index (χ0n) is 10.7. The summed E-state index contributed by atoms with van der Waals surface area (Å²) >= 11 is 2.86. The Labute approximate surface area is 123 Å². The molecule has 0 radical (unpaired) electrons. The highest BCUT2D eigenvalue weighted by Crippen LogP contribution is 2.54. The van der Waals surface area contributed by atoms with Gasteiger partial charge in [0.05, 0.1) is 5.03 Å². The van der Waals surface area contributed by atoms with Crippen molar-refractivity contribution in [1.82, 2.24) is 4.98 Å². The molecule has 4 unspecified atom stereocenters. The van der Waals surface area contributed by atoms with Gasteiger partial charge in [0.25, 0.3) is 0 Å². The number of para-hydroxylation sites is 1. The highest BCUT2D eigenvalue weighted by atomic mass is 32.2. The van der Waals surface area contributed by atoms with Crippen molar-refractivity contribution < 1.29 is 9.84 Å². The highest BCUT2D eigenvalue weighted by Gasteiger charge is 2.46. The molecular weight excluding hydrogens is 294 g/mol. The Morgan fingerprint density at radius 1 is 1.35 bits per heavy atom. The van der Waals surface area contributed by atoms with Crippen LogP contribution in [0.2, 0.25) is 0 Å². The molecule has 1 aromatic carbocycles. The summed E-state index contributed by atoms with van der Waals surface area (Å²) < 4.78 is 5.65. The van der Waals surface area contributed by atoms with E-state index in [-0.39, 0.29) is 22.0 Å². The molecule has 0 saturated carbocycles. The number of thiazole rings is 1. The minimum atomic E-state index is -0.831. The van der Waals surface area contributed by atoms with Gasteiger partial charge in [0.2, 0.25) is 6.29 Å². The molecular formula is C14H13NO3S2. The second kappa shape index (κ2) is 4.38. The molecule has 2 N–H and O–H groups in total. The molecule has 0 amide bonds. The van der Waals surface area contributed by atoms with Crippen molar-refractivity contribution in [3.05, 3.63) is 44.4 Å². The third-order valence-corrected chi connectivity index (χ3v) is 6.32. The van der Waals surface area contributed by atoms with Crippen LogP contribution in [0, 0.1) is 5.92 Å². The van der Waals surface area contributed by atoms with E-state index in [4.69, 9.17) is 4.74 Å². The van der Waals surface area contributed by atoms with E-state index in [1.807, 2.05) is 24.3 Å². The predicted octanol–water partition coefficient (Wildman–Crippen LogP) is 2.39. The number of benzene rings is 1. The summed E-state index contributed by atoms with van der Waals surface area (Å²) in [6.45, 7) is 2.07. The van der Waals surface area contributed by atoms with Crippen molar-refractivity contribution in [2.45, 2.75) is 29.4 Å². The first-order valence-corrected chi connectivity index (χ1v) is 8.18. The van der Waals surface area contributed by atoms with E-state index in [0.717, 1.165) is 15.5 Å². The van der Waals surface area contributed by atoms with E-state index in [9.17, 15) is 9.90 Å². The Bertz CT molecular complexity index is 723. The lowest BCUT2D eigenvalue weighted by molar-refractivity contribution is -0.0784. The van der Waals surface area contributed by atoms with Crippen molar-refractivity contribution >= 4 is 23.1 Å². The van der Waals surface area contributed by atoms with Gasteiger partial charge in [0.1, 0.15) is 5.75 Å². The Kier molecular flexibility index (Phi) is 2.73. The maximum absolute atomic E-state index is 11.7. The van der Waals surface area contributed by atoms with Crippen LogP contribution >= 0.6 is 23.1 Å². The SMILES string of the molecule is CC1Sc2[nH]c(=O)sc2C2c3ccccc3OC(O)C12. The van der Waals surface area contributed by atoms with Gasteiger partial charge in [-0.2, -0.15) is 0 Å². The third kappa shape index (κ3) is 1.68. The first kappa shape index (κ1) is 12.5. The smallest absolute Gasteiger partial charge is 0.305 e. The first-order valence-electron chi connectivity index (χ1n) is 6.48. The normalized spacial score (nSPS) is 30.9. The van der Waals surface area contributed by atoms with Gasteiger partial charge in [0, 0.05) is 27.5 Å². The second-order valence-electron chi connectivity index (χ2n) is 5.13. The van der Waals surface area contributed by atoms with Gasteiger partial charge in [-0.05, 0) is 6.07 Å². The first-order chi connectivity index (χ1) is 9.65. The number of aromatic amines is 1. The molecule has 2 aliphatic heterocycles. The number of H-pyrrole nitrogens is 1. The molecule has 0 saturated heterocycles. The fraction of sp³-hybridized carbons (Fsp3) is 0.357. The zero-order chi connectivity index (χ0) is 13.9. The largest absolute Gasteiger partial charge is 0.464 e. The Morgan fingerprint density at radius 3 is 3.00 bits per heavy atom. The molecule has 0 bridgehead atoms. The maximum atomic E-state index is 11.7. The van der Waals surface area contributed by atoms with Gasteiger partial charge in [-0.3, -0.25) is 4.79 Å². The third-order valence-electron chi connectivity index (χ3n) is 3.99. The summed E-state index contributed by atoms with van der Waals surface area (Å²) in [7, 11) is 0. The van der Waals surface area contributed by atoms with Crippen LogP contribution in [0.1, 0.15) is 23.3 Å². The maximum Gasteiger partial charge on any atom is 0.305 e. The number of aliphatic hydroxyl groups excluding tert-OH is 1. The molecule has 0 fully saturated rings. The van der Waals surface area contributed by atoms with Crippen molar-refractivity contribution in [2.75, 3.05) is 0 Å². The number of aliphatic hydroxyl groups is 1. The van der Waals surface area contributed by atoms with Crippen molar-refractivity contribution in [3.8, 4) is 5.75 Å². The molecule has 4 atom stereocenters. The Balaban J connectivity index is 1.97. The van der Waals surface area contributed by atoms with Crippen molar-refractivity contribution in [1.29, 1.82) is 0 Å². The summed E-state index contributed by atoms with van der Waals surface area (Å²) in [5.41, 5.74) is 1.06. The van der Waals surface area contributed by atoms with Gasteiger partial charge in [-0.15, -0.1) is 11.8 Å². The number of ether oxygens (including phenoxy) is 1. The minimum Gasteiger partial charge on any atom is -0.464 e. The van der Waals surface area contributed by atoms with Crippen LogP contribution < -0.4 is 9.61 Å². The molecule has 2 aliphatic rings. The lowest BCUT2D eigenvalue weighted by Crippen LogP contribution is -2.42. The minimum absolute atomic E-state index is 0.0325. The number of fused-ring (bicyclic) bond motifs is 5. The fourth-order valence-electron chi connectivity index (χ4n) is 3.13. The summed E-state index contributed by atoms with van der Waals surface area (Å²) in [6, 6.07) is 7.76. The van der Waals surface area contributed by atoms with E-state index in [2.05, 4.69) is 11.9 Å². The van der Waals surface area contributed by atoms with E-state index >= 15 is 0 Å². The summed E-state index contributed by atoms with van der Waals surface area (Å²) in [6.07, 6.45) is -0.831. The standard InChI is InChI=1S/C14H13NO3S2/c1-6-9-10(11-12(19-6)15-14(17)20-11)7-4-2-3-5-8(7)18-13(9)16/h2-6,9-10,13,16H,1H3,(H,15,17). The second-order valence-corrected chi connectivity index (χ2v) is 7.53. The highest BCUT2D eigenvalue weighted by molar-refractivity contribution is 8.00. The van der Waals surface area contributed by atoms with Crippen LogP contribution in [-0.2, 0) is 0 Å². The van der Waals surface area contributed by atoms with Gasteiger partial charge in [0.15, 0.2) is 0 Å².